The Morgan fingerprint density at radius 3 is 3.00 bits per heavy atom. The van der Waals surface area contributed by atoms with E-state index in [0.717, 1.165) is 32.5 Å². The number of carbonyl (C=O) groups is 1. The number of hydrogen-bond acceptors (Lipinski definition) is 5. The number of nitrogens with zero attached hydrogens (tertiary/aromatic N) is 1. The van der Waals surface area contributed by atoms with E-state index in [0.29, 0.717) is 32.9 Å². The SMILES string of the molecule is COCCOCCN1CCCC(C(=O)NCCN)C1. The van der Waals surface area contributed by atoms with E-state index in [9.17, 15) is 4.79 Å². The third-order valence-corrected chi connectivity index (χ3v) is 3.30. The lowest BCUT2D eigenvalue weighted by molar-refractivity contribution is -0.126. The molecule has 1 atom stereocenters. The standard InChI is InChI=1S/C13H27N3O3/c1-18-9-10-19-8-7-16-6-2-3-12(11-16)13(17)15-5-4-14/h12H,2-11,14H2,1H3,(H,15,17). The number of amides is 1. The molecule has 0 aromatic heterocycles. The van der Waals surface area contributed by atoms with Crippen molar-refractivity contribution in [3.05, 3.63) is 0 Å². The number of carbonyl (C=O) groups excluding carboxylic acids is 1. The van der Waals surface area contributed by atoms with Gasteiger partial charge in [-0.2, -0.15) is 0 Å². The van der Waals surface area contributed by atoms with Crippen LogP contribution in [0, 0.1) is 5.92 Å². The third-order valence-electron chi connectivity index (χ3n) is 3.30. The van der Waals surface area contributed by atoms with E-state index in [1.54, 1.807) is 7.11 Å². The number of hydrogen-bond donors (Lipinski definition) is 2. The Kier molecular flexibility index (Phi) is 8.73. The average Bonchev–Trinajstić information content (AvgIpc) is 2.45. The van der Waals surface area contributed by atoms with Gasteiger partial charge in [0.05, 0.1) is 25.7 Å². The highest BCUT2D eigenvalue weighted by Gasteiger charge is 2.25. The number of nitrogens with one attached hydrogen (secondary N) is 1. The number of nitrogens with two attached hydrogens (primary N) is 1. The van der Waals surface area contributed by atoms with Gasteiger partial charge in [0.2, 0.25) is 5.91 Å². The number of likely N-dealkylation sites (tertiary alicyclic amines) is 1. The molecule has 1 heterocycles. The Bertz CT molecular complexity index is 251. The molecule has 0 aromatic carbocycles. The topological polar surface area (TPSA) is 76.8 Å². The van der Waals surface area contributed by atoms with E-state index >= 15 is 0 Å². The minimum absolute atomic E-state index is 0.0966. The summed E-state index contributed by atoms with van der Waals surface area (Å²) in [6.07, 6.45) is 2.04. The number of rotatable bonds is 9. The van der Waals surface area contributed by atoms with Crippen molar-refractivity contribution in [1.82, 2.24) is 10.2 Å². The van der Waals surface area contributed by atoms with Crippen LogP contribution >= 0.6 is 0 Å². The summed E-state index contributed by atoms with van der Waals surface area (Å²) < 4.78 is 10.4. The fourth-order valence-corrected chi connectivity index (χ4v) is 2.25. The molecule has 6 nitrogen and oxygen atoms in total. The molecule has 1 aliphatic rings. The first-order valence-corrected chi connectivity index (χ1v) is 7.04. The molecule has 1 unspecified atom stereocenters. The van der Waals surface area contributed by atoms with Crippen LogP contribution in [0.4, 0.5) is 0 Å². The smallest absolute Gasteiger partial charge is 0.224 e. The molecule has 0 radical (unpaired) electrons. The molecule has 6 heteroatoms. The summed E-state index contributed by atoms with van der Waals surface area (Å²) in [6, 6.07) is 0. The summed E-state index contributed by atoms with van der Waals surface area (Å²) in [5.41, 5.74) is 5.39. The van der Waals surface area contributed by atoms with Crippen LogP contribution < -0.4 is 11.1 Å². The van der Waals surface area contributed by atoms with Gasteiger partial charge in [0, 0.05) is 33.3 Å². The molecule has 0 bridgehead atoms. The summed E-state index contributed by atoms with van der Waals surface area (Å²) in [5, 5.41) is 2.87. The van der Waals surface area contributed by atoms with Gasteiger partial charge >= 0.3 is 0 Å². The first-order valence-electron chi connectivity index (χ1n) is 7.04. The molecular formula is C13H27N3O3. The maximum Gasteiger partial charge on any atom is 0.224 e. The number of piperidine rings is 1. The van der Waals surface area contributed by atoms with Crippen molar-refractivity contribution in [3.8, 4) is 0 Å². The van der Waals surface area contributed by atoms with E-state index in [1.165, 1.54) is 0 Å². The monoisotopic (exact) mass is 273 g/mol. The van der Waals surface area contributed by atoms with Gasteiger partial charge in [-0.1, -0.05) is 0 Å². The normalized spacial score (nSPS) is 20.4. The Morgan fingerprint density at radius 2 is 2.26 bits per heavy atom. The number of ether oxygens (including phenoxy) is 2. The van der Waals surface area contributed by atoms with E-state index < -0.39 is 0 Å². The quantitative estimate of drug-likeness (QED) is 0.551. The highest BCUT2D eigenvalue weighted by Crippen LogP contribution is 2.16. The lowest BCUT2D eigenvalue weighted by Crippen LogP contribution is -2.44. The summed E-state index contributed by atoms with van der Waals surface area (Å²) in [4.78, 5) is 14.2. The van der Waals surface area contributed by atoms with Gasteiger partial charge in [-0.15, -0.1) is 0 Å². The fraction of sp³-hybridized carbons (Fsp3) is 0.923. The van der Waals surface area contributed by atoms with Gasteiger partial charge in [-0.3, -0.25) is 4.79 Å². The van der Waals surface area contributed by atoms with E-state index in [4.69, 9.17) is 15.2 Å². The second-order valence-corrected chi connectivity index (χ2v) is 4.82. The molecular weight excluding hydrogens is 246 g/mol. The Balaban J connectivity index is 2.16. The van der Waals surface area contributed by atoms with Crippen LogP contribution in [-0.2, 0) is 14.3 Å². The molecule has 1 fully saturated rings. The van der Waals surface area contributed by atoms with Crippen molar-refractivity contribution in [2.24, 2.45) is 11.7 Å². The second kappa shape index (κ2) is 10.1. The molecule has 112 valence electrons. The van der Waals surface area contributed by atoms with Crippen LogP contribution in [0.3, 0.4) is 0 Å². The molecule has 3 N–H and O–H groups in total. The fourth-order valence-electron chi connectivity index (χ4n) is 2.25. The molecule has 1 amide bonds. The highest BCUT2D eigenvalue weighted by molar-refractivity contribution is 5.78. The van der Waals surface area contributed by atoms with Crippen molar-refractivity contribution in [2.45, 2.75) is 12.8 Å². The van der Waals surface area contributed by atoms with Crippen LogP contribution in [0.1, 0.15) is 12.8 Å². The minimum Gasteiger partial charge on any atom is -0.382 e. The van der Waals surface area contributed by atoms with Gasteiger partial charge in [-0.05, 0) is 19.4 Å². The Labute approximate surface area is 115 Å². The van der Waals surface area contributed by atoms with Crippen LogP contribution in [0.2, 0.25) is 0 Å². The van der Waals surface area contributed by atoms with Gasteiger partial charge in [-0.25, -0.2) is 0 Å². The van der Waals surface area contributed by atoms with Crippen molar-refractivity contribution >= 4 is 5.91 Å². The predicted octanol–water partition coefficient (Wildman–Crippen LogP) is -0.564. The maximum atomic E-state index is 11.9. The zero-order chi connectivity index (χ0) is 13.9. The predicted molar refractivity (Wildman–Crippen MR) is 73.9 cm³/mol. The van der Waals surface area contributed by atoms with Gasteiger partial charge in [0.1, 0.15) is 0 Å². The Morgan fingerprint density at radius 1 is 1.42 bits per heavy atom. The summed E-state index contributed by atoms with van der Waals surface area (Å²) in [5.74, 6) is 0.231. The van der Waals surface area contributed by atoms with Crippen molar-refractivity contribution in [2.75, 3.05) is 59.7 Å². The van der Waals surface area contributed by atoms with Crippen LogP contribution in [0.15, 0.2) is 0 Å². The first-order chi connectivity index (χ1) is 9.27. The first kappa shape index (κ1) is 16.4. The molecule has 1 aliphatic heterocycles. The summed E-state index contributed by atoms with van der Waals surface area (Å²) >= 11 is 0. The molecule has 1 rings (SSSR count). The molecule has 0 aliphatic carbocycles. The second-order valence-electron chi connectivity index (χ2n) is 4.82. The molecule has 0 saturated carbocycles. The largest absolute Gasteiger partial charge is 0.382 e. The highest BCUT2D eigenvalue weighted by atomic mass is 16.5. The molecule has 19 heavy (non-hydrogen) atoms. The molecule has 0 spiro atoms. The molecule has 0 aromatic rings. The minimum atomic E-state index is 0.0966. The summed E-state index contributed by atoms with van der Waals surface area (Å²) in [6.45, 7) is 5.77. The van der Waals surface area contributed by atoms with Crippen LogP contribution in [0.5, 0.6) is 0 Å². The zero-order valence-corrected chi connectivity index (χ0v) is 11.9. The van der Waals surface area contributed by atoms with E-state index in [2.05, 4.69) is 10.2 Å². The maximum absolute atomic E-state index is 11.9. The van der Waals surface area contributed by atoms with E-state index in [1.807, 2.05) is 0 Å². The number of methoxy groups -OCH3 is 1. The summed E-state index contributed by atoms with van der Waals surface area (Å²) in [7, 11) is 1.67. The van der Waals surface area contributed by atoms with Crippen molar-refractivity contribution in [3.63, 3.8) is 0 Å². The Hall–Kier alpha value is -0.690. The van der Waals surface area contributed by atoms with Crippen LogP contribution in [-0.4, -0.2) is 70.5 Å². The van der Waals surface area contributed by atoms with Crippen molar-refractivity contribution in [1.29, 1.82) is 0 Å². The molecule has 1 saturated heterocycles. The van der Waals surface area contributed by atoms with Gasteiger partial charge in [0.15, 0.2) is 0 Å². The lowest BCUT2D eigenvalue weighted by Gasteiger charge is -2.31. The van der Waals surface area contributed by atoms with Crippen molar-refractivity contribution < 1.29 is 14.3 Å². The third kappa shape index (κ3) is 6.87. The van der Waals surface area contributed by atoms with Gasteiger partial charge < -0.3 is 25.4 Å². The van der Waals surface area contributed by atoms with Gasteiger partial charge in [0.25, 0.3) is 0 Å². The lowest BCUT2D eigenvalue weighted by atomic mass is 9.97. The average molecular weight is 273 g/mol. The zero-order valence-electron chi connectivity index (χ0n) is 11.9. The van der Waals surface area contributed by atoms with E-state index in [-0.39, 0.29) is 11.8 Å². The van der Waals surface area contributed by atoms with Crippen LogP contribution in [0.25, 0.3) is 0 Å².